The van der Waals surface area contributed by atoms with Gasteiger partial charge in [0.1, 0.15) is 0 Å². The normalized spacial score (nSPS) is 21.9. The molecule has 1 atom stereocenters. The van der Waals surface area contributed by atoms with Gasteiger partial charge in [0.05, 0.1) is 5.69 Å². The predicted molar refractivity (Wildman–Crippen MR) is 85.2 cm³/mol. The smallest absolute Gasteiger partial charge is 0.180 e. The van der Waals surface area contributed by atoms with E-state index in [-0.39, 0.29) is 5.41 Å². The number of likely N-dealkylation sites (N-methyl/N-ethyl adjacent to an activating group) is 1. The van der Waals surface area contributed by atoms with Crippen LogP contribution in [0.2, 0.25) is 0 Å². The number of nitrogens with zero attached hydrogens (tertiary/aromatic N) is 2. The van der Waals surface area contributed by atoms with E-state index in [0.717, 1.165) is 25.8 Å². The first-order chi connectivity index (χ1) is 9.59. The lowest BCUT2D eigenvalue weighted by Gasteiger charge is -2.39. The number of anilines is 1. The molecule has 106 valence electrons. The summed E-state index contributed by atoms with van der Waals surface area (Å²) in [7, 11) is 4.31. The summed E-state index contributed by atoms with van der Waals surface area (Å²) in [6.07, 6.45) is 3.23. The van der Waals surface area contributed by atoms with Gasteiger partial charge in [-0.15, -0.1) is 11.3 Å². The zero-order valence-electron chi connectivity index (χ0n) is 12.1. The van der Waals surface area contributed by atoms with Gasteiger partial charge in [0.2, 0.25) is 0 Å². The first kappa shape index (κ1) is 13.6. The van der Waals surface area contributed by atoms with Crippen LogP contribution in [-0.4, -0.2) is 30.5 Å². The van der Waals surface area contributed by atoms with Gasteiger partial charge in [0.15, 0.2) is 5.13 Å². The lowest BCUT2D eigenvalue weighted by molar-refractivity contribution is 0.255. The van der Waals surface area contributed by atoms with E-state index in [4.69, 9.17) is 5.73 Å². The van der Waals surface area contributed by atoms with E-state index in [0.29, 0.717) is 5.13 Å². The Morgan fingerprint density at radius 3 is 2.75 bits per heavy atom. The minimum absolute atomic E-state index is 0.191. The van der Waals surface area contributed by atoms with E-state index < -0.39 is 0 Å². The van der Waals surface area contributed by atoms with Gasteiger partial charge in [0.25, 0.3) is 0 Å². The molecule has 2 N–H and O–H groups in total. The van der Waals surface area contributed by atoms with Crippen molar-refractivity contribution in [2.24, 2.45) is 0 Å². The van der Waals surface area contributed by atoms with E-state index in [2.05, 4.69) is 54.3 Å². The highest BCUT2D eigenvalue weighted by Crippen LogP contribution is 2.41. The molecule has 1 aromatic carbocycles. The topological polar surface area (TPSA) is 42.2 Å². The van der Waals surface area contributed by atoms with Crippen LogP contribution in [-0.2, 0) is 18.3 Å². The number of benzene rings is 1. The lowest BCUT2D eigenvalue weighted by atomic mass is 9.70. The number of nitrogen functional groups attached to an aromatic ring is 1. The van der Waals surface area contributed by atoms with E-state index in [1.807, 2.05) is 0 Å². The minimum atomic E-state index is 0.191. The highest BCUT2D eigenvalue weighted by molar-refractivity contribution is 7.15. The molecule has 1 aliphatic carbocycles. The third kappa shape index (κ3) is 2.45. The first-order valence-corrected chi connectivity index (χ1v) is 7.85. The van der Waals surface area contributed by atoms with Crippen molar-refractivity contribution in [1.82, 2.24) is 9.88 Å². The maximum Gasteiger partial charge on any atom is 0.180 e. The van der Waals surface area contributed by atoms with Crippen molar-refractivity contribution >= 4 is 16.5 Å². The molecule has 0 spiro atoms. The molecular weight excluding hydrogens is 266 g/mol. The third-order valence-electron chi connectivity index (χ3n) is 4.14. The zero-order chi connectivity index (χ0) is 14.2. The maximum absolute atomic E-state index is 5.88. The zero-order valence-corrected chi connectivity index (χ0v) is 12.9. The SMILES string of the molecule is CN(C)CC1(c2ccccc2)CCc2nc(N)sc2C1. The second-order valence-electron chi connectivity index (χ2n) is 5.98. The average molecular weight is 287 g/mol. The van der Waals surface area contributed by atoms with Crippen molar-refractivity contribution in [3.8, 4) is 0 Å². The average Bonchev–Trinajstić information content (AvgIpc) is 2.78. The molecule has 20 heavy (non-hydrogen) atoms. The lowest BCUT2D eigenvalue weighted by Crippen LogP contribution is -2.42. The van der Waals surface area contributed by atoms with Gasteiger partial charge in [-0.2, -0.15) is 0 Å². The molecular formula is C16H21N3S. The van der Waals surface area contributed by atoms with Crippen LogP contribution in [0.15, 0.2) is 30.3 Å². The number of rotatable bonds is 3. The van der Waals surface area contributed by atoms with Gasteiger partial charge in [0, 0.05) is 16.8 Å². The molecule has 1 unspecified atom stereocenters. The van der Waals surface area contributed by atoms with E-state index in [9.17, 15) is 0 Å². The predicted octanol–water partition coefficient (Wildman–Crippen LogP) is 2.71. The molecule has 0 fully saturated rings. The molecule has 0 saturated carbocycles. The van der Waals surface area contributed by atoms with Gasteiger partial charge in [-0.1, -0.05) is 30.3 Å². The fourth-order valence-electron chi connectivity index (χ4n) is 3.36. The van der Waals surface area contributed by atoms with E-state index >= 15 is 0 Å². The molecule has 0 saturated heterocycles. The van der Waals surface area contributed by atoms with Crippen LogP contribution in [0.4, 0.5) is 5.13 Å². The molecule has 0 radical (unpaired) electrons. The van der Waals surface area contributed by atoms with E-state index in [1.54, 1.807) is 11.3 Å². The van der Waals surface area contributed by atoms with Gasteiger partial charge in [-0.3, -0.25) is 0 Å². The van der Waals surface area contributed by atoms with Crippen molar-refractivity contribution in [2.45, 2.75) is 24.7 Å². The van der Waals surface area contributed by atoms with Crippen LogP contribution in [0.1, 0.15) is 22.6 Å². The monoisotopic (exact) mass is 287 g/mol. The van der Waals surface area contributed by atoms with Crippen molar-refractivity contribution < 1.29 is 0 Å². The minimum Gasteiger partial charge on any atom is -0.375 e. The molecule has 3 nitrogen and oxygen atoms in total. The van der Waals surface area contributed by atoms with Gasteiger partial charge >= 0.3 is 0 Å². The molecule has 0 aliphatic heterocycles. The fraction of sp³-hybridized carbons (Fsp3) is 0.438. The number of nitrogens with two attached hydrogens (primary N) is 1. The van der Waals surface area contributed by atoms with Crippen LogP contribution < -0.4 is 5.73 Å². The second kappa shape index (κ2) is 5.19. The maximum atomic E-state index is 5.88. The molecule has 0 amide bonds. The Kier molecular flexibility index (Phi) is 3.52. The van der Waals surface area contributed by atoms with Crippen LogP contribution in [0, 0.1) is 0 Å². The van der Waals surface area contributed by atoms with Gasteiger partial charge in [-0.05, 0) is 38.9 Å². The summed E-state index contributed by atoms with van der Waals surface area (Å²) in [5, 5.41) is 0.712. The van der Waals surface area contributed by atoms with E-state index in [1.165, 1.54) is 16.1 Å². The largest absolute Gasteiger partial charge is 0.375 e. The summed E-state index contributed by atoms with van der Waals surface area (Å²) >= 11 is 1.66. The Labute approximate surface area is 124 Å². The Morgan fingerprint density at radius 1 is 1.30 bits per heavy atom. The Balaban J connectivity index is 2.00. The Morgan fingerprint density at radius 2 is 2.05 bits per heavy atom. The number of hydrogen-bond acceptors (Lipinski definition) is 4. The number of fused-ring (bicyclic) bond motifs is 1. The van der Waals surface area contributed by atoms with Crippen molar-refractivity contribution in [3.05, 3.63) is 46.5 Å². The summed E-state index contributed by atoms with van der Waals surface area (Å²) in [6.45, 7) is 1.06. The van der Waals surface area contributed by atoms with Crippen molar-refractivity contribution in [2.75, 3.05) is 26.4 Å². The highest BCUT2D eigenvalue weighted by atomic mass is 32.1. The molecule has 2 aromatic rings. The quantitative estimate of drug-likeness (QED) is 0.944. The summed E-state index contributed by atoms with van der Waals surface area (Å²) in [5.74, 6) is 0. The van der Waals surface area contributed by atoms with Crippen LogP contribution >= 0.6 is 11.3 Å². The summed E-state index contributed by atoms with van der Waals surface area (Å²) in [5.41, 5.74) is 8.73. The highest BCUT2D eigenvalue weighted by Gasteiger charge is 2.38. The molecule has 4 heteroatoms. The number of aryl methyl sites for hydroxylation is 1. The number of hydrogen-bond donors (Lipinski definition) is 1. The standard InChI is InChI=1S/C16H21N3S/c1-19(2)11-16(12-6-4-3-5-7-12)9-8-13-14(10-16)20-15(17)18-13/h3-7H,8-11H2,1-2H3,(H2,17,18). The Bertz CT molecular complexity index is 591. The molecule has 0 bridgehead atoms. The van der Waals surface area contributed by atoms with Crippen LogP contribution in [0.5, 0.6) is 0 Å². The molecule has 1 aliphatic rings. The number of thiazole rings is 1. The van der Waals surface area contributed by atoms with Crippen LogP contribution in [0.25, 0.3) is 0 Å². The summed E-state index contributed by atoms with van der Waals surface area (Å²) < 4.78 is 0. The second-order valence-corrected chi connectivity index (χ2v) is 7.10. The third-order valence-corrected chi connectivity index (χ3v) is 5.07. The fourth-order valence-corrected chi connectivity index (χ4v) is 4.38. The Hall–Kier alpha value is -1.39. The van der Waals surface area contributed by atoms with Crippen molar-refractivity contribution in [3.63, 3.8) is 0 Å². The molecule has 3 rings (SSSR count). The summed E-state index contributed by atoms with van der Waals surface area (Å²) in [6, 6.07) is 10.9. The van der Waals surface area contributed by atoms with Crippen molar-refractivity contribution in [1.29, 1.82) is 0 Å². The summed E-state index contributed by atoms with van der Waals surface area (Å²) in [4.78, 5) is 8.14. The first-order valence-electron chi connectivity index (χ1n) is 7.03. The van der Waals surface area contributed by atoms with Crippen LogP contribution in [0.3, 0.4) is 0 Å². The molecule has 1 heterocycles. The van der Waals surface area contributed by atoms with Gasteiger partial charge < -0.3 is 10.6 Å². The number of aromatic nitrogens is 1. The van der Waals surface area contributed by atoms with Gasteiger partial charge in [-0.25, -0.2) is 4.98 Å². The molecule has 1 aromatic heterocycles.